The van der Waals surface area contributed by atoms with Crippen LogP contribution >= 0.6 is 0 Å². The quantitative estimate of drug-likeness (QED) is 0.181. The Morgan fingerprint density at radius 1 is 0.864 bits per heavy atom. The number of para-hydroxylation sites is 2. The molecule has 0 spiro atoms. The van der Waals surface area contributed by atoms with Gasteiger partial charge in [-0.05, 0) is 68.3 Å². The van der Waals surface area contributed by atoms with E-state index < -0.39 is 21.9 Å². The maximum absolute atomic E-state index is 13.8. The predicted octanol–water partition coefficient (Wildman–Crippen LogP) is 7.45. The van der Waals surface area contributed by atoms with Gasteiger partial charge in [-0.1, -0.05) is 72.3 Å². The van der Waals surface area contributed by atoms with E-state index in [2.05, 4.69) is 4.72 Å². The van der Waals surface area contributed by atoms with Crippen LogP contribution in [0.5, 0.6) is 5.88 Å². The lowest BCUT2D eigenvalue weighted by molar-refractivity contribution is -0.132. The Bertz CT molecular complexity index is 2100. The van der Waals surface area contributed by atoms with E-state index >= 15 is 0 Å². The van der Waals surface area contributed by atoms with Crippen molar-refractivity contribution in [1.29, 1.82) is 0 Å². The number of anilines is 1. The highest BCUT2D eigenvalue weighted by atomic mass is 32.2. The number of carbonyl (C=O) groups excluding carboxylic acids is 1. The average molecular weight is 606 g/mol. The number of hydrogen-bond acceptors (Lipinski definition) is 6. The first-order chi connectivity index (χ1) is 21.1. The standard InChI is InChI=1S/C35H31N3O5S/c1-22-18-20-27(21-19-22)44(40,41)37-33-29-16-10-11-17-30(29)43-34(33)32(28-15-9-8-12-23(28)2)31-24(3)36-38(35(31)42-25(4)39)26-13-6-5-7-14-26/h5-21,32,37H,1-4H3. The molecule has 9 heteroatoms. The van der Waals surface area contributed by atoms with Gasteiger partial charge >= 0.3 is 5.97 Å². The normalized spacial score (nSPS) is 12.3. The maximum Gasteiger partial charge on any atom is 0.309 e. The summed E-state index contributed by atoms with van der Waals surface area (Å²) in [6.07, 6.45) is 0. The minimum atomic E-state index is -4.02. The molecule has 1 unspecified atom stereocenters. The molecule has 1 N–H and O–H groups in total. The van der Waals surface area contributed by atoms with Crippen molar-refractivity contribution in [3.63, 3.8) is 0 Å². The van der Waals surface area contributed by atoms with E-state index in [1.54, 1.807) is 35.0 Å². The van der Waals surface area contributed by atoms with Crippen molar-refractivity contribution in [2.45, 2.75) is 38.5 Å². The van der Waals surface area contributed by atoms with Crippen molar-refractivity contribution in [3.8, 4) is 11.6 Å². The minimum absolute atomic E-state index is 0.125. The number of hydrogen-bond donors (Lipinski definition) is 1. The fraction of sp³-hybridized carbons (Fsp3) is 0.143. The first-order valence-corrected chi connectivity index (χ1v) is 15.6. The number of furan rings is 1. The summed E-state index contributed by atoms with van der Waals surface area (Å²) in [6, 6.07) is 31.1. The lowest BCUT2D eigenvalue weighted by atomic mass is 9.85. The van der Waals surface area contributed by atoms with E-state index in [4.69, 9.17) is 14.3 Å². The number of nitrogens with one attached hydrogen (secondary N) is 1. The second kappa shape index (κ2) is 11.5. The number of esters is 1. The van der Waals surface area contributed by atoms with Crippen molar-refractivity contribution in [2.75, 3.05) is 4.72 Å². The Morgan fingerprint density at radius 3 is 2.23 bits per heavy atom. The van der Waals surface area contributed by atoms with E-state index in [-0.39, 0.29) is 10.8 Å². The van der Waals surface area contributed by atoms with Gasteiger partial charge in [-0.25, -0.2) is 13.1 Å². The van der Waals surface area contributed by atoms with Crippen molar-refractivity contribution in [2.24, 2.45) is 0 Å². The van der Waals surface area contributed by atoms with E-state index in [1.807, 2.05) is 93.6 Å². The third-order valence-corrected chi connectivity index (χ3v) is 8.91. The number of fused-ring (bicyclic) bond motifs is 1. The smallest absolute Gasteiger partial charge is 0.309 e. The number of aryl methyl sites for hydroxylation is 3. The highest BCUT2D eigenvalue weighted by Crippen LogP contribution is 2.47. The van der Waals surface area contributed by atoms with Gasteiger partial charge in [0, 0.05) is 12.3 Å². The maximum atomic E-state index is 13.8. The molecule has 0 bridgehead atoms. The van der Waals surface area contributed by atoms with Crippen LogP contribution in [0.2, 0.25) is 0 Å². The molecule has 0 saturated heterocycles. The molecular formula is C35H31N3O5S. The third kappa shape index (κ3) is 5.38. The molecule has 6 rings (SSSR count). The van der Waals surface area contributed by atoms with Gasteiger partial charge in [0.25, 0.3) is 10.0 Å². The number of ether oxygens (including phenoxy) is 1. The summed E-state index contributed by atoms with van der Waals surface area (Å²) in [5.41, 5.74) is 5.39. The van der Waals surface area contributed by atoms with Gasteiger partial charge < -0.3 is 9.15 Å². The fourth-order valence-electron chi connectivity index (χ4n) is 5.45. The Hall–Kier alpha value is -5.15. The first kappa shape index (κ1) is 28.9. The molecule has 2 aromatic heterocycles. The Labute approximate surface area is 256 Å². The lowest BCUT2D eigenvalue weighted by Crippen LogP contribution is -2.16. The molecule has 0 saturated carbocycles. The molecule has 0 amide bonds. The molecule has 222 valence electrons. The second-order valence-electron chi connectivity index (χ2n) is 10.7. The minimum Gasteiger partial charge on any atom is -0.458 e. The van der Waals surface area contributed by atoms with Crippen LogP contribution in [0.15, 0.2) is 112 Å². The zero-order valence-corrected chi connectivity index (χ0v) is 25.6. The number of aromatic nitrogens is 2. The van der Waals surface area contributed by atoms with Gasteiger partial charge in [-0.15, -0.1) is 0 Å². The van der Waals surface area contributed by atoms with Crippen LogP contribution in [0.25, 0.3) is 16.7 Å². The molecule has 4 aromatic carbocycles. The molecule has 0 aliphatic rings. The summed E-state index contributed by atoms with van der Waals surface area (Å²) in [5.74, 6) is -0.648. The summed E-state index contributed by atoms with van der Waals surface area (Å²) in [7, 11) is -4.02. The summed E-state index contributed by atoms with van der Waals surface area (Å²) < 4.78 is 44.5. The molecule has 6 aromatic rings. The Balaban J connectivity index is 1.65. The van der Waals surface area contributed by atoms with Crippen LogP contribution in [0.3, 0.4) is 0 Å². The van der Waals surface area contributed by atoms with Crippen LogP contribution in [0.4, 0.5) is 5.69 Å². The van der Waals surface area contributed by atoms with E-state index in [9.17, 15) is 13.2 Å². The van der Waals surface area contributed by atoms with Crippen LogP contribution in [0, 0.1) is 20.8 Å². The zero-order valence-electron chi connectivity index (χ0n) is 24.7. The Morgan fingerprint density at radius 2 is 1.52 bits per heavy atom. The van der Waals surface area contributed by atoms with Crippen molar-refractivity contribution < 1.29 is 22.4 Å². The van der Waals surface area contributed by atoms with Crippen LogP contribution in [0.1, 0.15) is 46.5 Å². The van der Waals surface area contributed by atoms with Gasteiger partial charge in [0.15, 0.2) is 0 Å². The average Bonchev–Trinajstić information content (AvgIpc) is 3.51. The second-order valence-corrected chi connectivity index (χ2v) is 12.4. The summed E-state index contributed by atoms with van der Waals surface area (Å²) in [4.78, 5) is 12.6. The van der Waals surface area contributed by atoms with Gasteiger partial charge in [0.1, 0.15) is 11.3 Å². The van der Waals surface area contributed by atoms with E-state index in [0.717, 1.165) is 16.7 Å². The molecule has 2 heterocycles. The number of benzene rings is 4. The van der Waals surface area contributed by atoms with Crippen LogP contribution in [-0.4, -0.2) is 24.2 Å². The SMILES string of the molecule is CC(=O)Oc1c(C(c2ccccc2C)c2oc3ccccc3c2NS(=O)(=O)c2ccc(C)cc2)c(C)nn1-c1ccccc1. The lowest BCUT2D eigenvalue weighted by Gasteiger charge is -2.21. The van der Waals surface area contributed by atoms with Crippen molar-refractivity contribution >= 4 is 32.6 Å². The topological polar surface area (TPSA) is 103 Å². The zero-order chi connectivity index (χ0) is 31.0. The Kier molecular flexibility index (Phi) is 7.57. The summed E-state index contributed by atoms with van der Waals surface area (Å²) in [5, 5.41) is 5.40. The van der Waals surface area contributed by atoms with Gasteiger partial charge in [0.2, 0.25) is 5.88 Å². The molecule has 8 nitrogen and oxygen atoms in total. The first-order valence-electron chi connectivity index (χ1n) is 14.1. The molecule has 44 heavy (non-hydrogen) atoms. The van der Waals surface area contributed by atoms with Crippen LogP contribution < -0.4 is 9.46 Å². The molecular weight excluding hydrogens is 574 g/mol. The summed E-state index contributed by atoms with van der Waals surface area (Å²) >= 11 is 0. The van der Waals surface area contributed by atoms with Gasteiger partial charge in [-0.2, -0.15) is 5.10 Å². The van der Waals surface area contributed by atoms with E-state index in [0.29, 0.717) is 39.4 Å². The molecule has 0 fully saturated rings. The molecule has 0 aliphatic carbocycles. The number of nitrogens with zero attached hydrogens (tertiary/aromatic N) is 2. The molecule has 0 aliphatic heterocycles. The highest BCUT2D eigenvalue weighted by Gasteiger charge is 2.35. The molecule has 1 atom stereocenters. The highest BCUT2D eigenvalue weighted by molar-refractivity contribution is 7.92. The van der Waals surface area contributed by atoms with Gasteiger partial charge in [0.05, 0.1) is 33.4 Å². The monoisotopic (exact) mass is 605 g/mol. The predicted molar refractivity (Wildman–Crippen MR) is 170 cm³/mol. The number of sulfonamides is 1. The van der Waals surface area contributed by atoms with Crippen molar-refractivity contribution in [3.05, 3.63) is 137 Å². The number of rotatable bonds is 8. The largest absolute Gasteiger partial charge is 0.458 e. The summed E-state index contributed by atoms with van der Waals surface area (Å²) in [6.45, 7) is 7.05. The third-order valence-electron chi connectivity index (χ3n) is 7.54. The number of carbonyl (C=O) groups is 1. The fourth-order valence-corrected chi connectivity index (χ4v) is 6.54. The molecule has 0 radical (unpaired) electrons. The van der Waals surface area contributed by atoms with E-state index in [1.165, 1.54) is 6.92 Å². The van der Waals surface area contributed by atoms with Crippen LogP contribution in [-0.2, 0) is 14.8 Å². The van der Waals surface area contributed by atoms with Gasteiger partial charge in [-0.3, -0.25) is 9.52 Å². The van der Waals surface area contributed by atoms with Crippen molar-refractivity contribution in [1.82, 2.24) is 9.78 Å².